The van der Waals surface area contributed by atoms with Gasteiger partial charge in [-0.05, 0) is 88.3 Å². The fourth-order valence-corrected chi connectivity index (χ4v) is 12.1. The summed E-state index contributed by atoms with van der Waals surface area (Å²) in [5.74, 6) is -16.1. The maximum Gasteiger partial charge on any atom is 0.326 e. The second-order valence-electron chi connectivity index (χ2n) is 26.4. The minimum atomic E-state index is -2.03. The van der Waals surface area contributed by atoms with E-state index >= 15 is 0 Å². The third-order valence-electron chi connectivity index (χ3n) is 17.2. The number of aromatic nitrogens is 5. The van der Waals surface area contributed by atoms with E-state index in [1.807, 2.05) is 0 Å². The molecule has 0 radical (unpaired) electrons. The van der Waals surface area contributed by atoms with Gasteiger partial charge in [-0.25, -0.2) is 14.8 Å². The van der Waals surface area contributed by atoms with E-state index in [9.17, 15) is 87.2 Å². The molecule has 0 aliphatic carbocycles. The second-order valence-corrected chi connectivity index (χ2v) is 27.4. The molecule has 592 valence electrons. The van der Waals surface area contributed by atoms with Crippen molar-refractivity contribution in [3.8, 4) is 0 Å². The molecule has 42 heteroatoms. The lowest BCUT2D eigenvalue weighted by Gasteiger charge is -2.31. The van der Waals surface area contributed by atoms with Crippen molar-refractivity contribution in [2.45, 2.75) is 196 Å². The summed E-state index contributed by atoms with van der Waals surface area (Å²) < 4.78 is 0. The van der Waals surface area contributed by atoms with Crippen molar-refractivity contribution in [2.75, 3.05) is 25.1 Å². The highest BCUT2D eigenvalue weighted by Crippen LogP contribution is 2.24. The van der Waals surface area contributed by atoms with Crippen molar-refractivity contribution in [1.29, 1.82) is 0 Å². The number of carbonyl (C=O) groups is 15. The third kappa shape index (κ3) is 27.9. The highest BCUT2D eigenvalue weighted by Gasteiger charge is 2.42. The van der Waals surface area contributed by atoms with Crippen molar-refractivity contribution in [1.82, 2.24) is 83.0 Å². The van der Waals surface area contributed by atoms with Crippen LogP contribution >= 0.6 is 11.8 Å². The smallest absolute Gasteiger partial charge is 0.326 e. The number of guanidine groups is 1. The lowest BCUT2D eigenvalue weighted by atomic mass is 10.0. The molecule has 0 bridgehead atoms. The van der Waals surface area contributed by atoms with Gasteiger partial charge in [0.1, 0.15) is 66.5 Å². The monoisotopic (exact) mass is 1530 g/mol. The number of fused-ring (bicyclic) bond motifs is 1. The first kappa shape index (κ1) is 87.4. The Labute approximate surface area is 623 Å². The highest BCUT2D eigenvalue weighted by atomic mass is 32.2. The zero-order valence-electron chi connectivity index (χ0n) is 60.3. The molecule has 1 fully saturated rings. The Kier molecular flexibility index (Phi) is 34.6. The summed E-state index contributed by atoms with van der Waals surface area (Å²) in [5.41, 5.74) is 35.0. The van der Waals surface area contributed by atoms with Crippen molar-refractivity contribution < 1.29 is 87.2 Å². The zero-order chi connectivity index (χ0) is 80.1. The molecule has 4 heterocycles. The maximum atomic E-state index is 14.8. The first-order valence-electron chi connectivity index (χ1n) is 34.6. The number of primary amides is 3. The molecular formula is C66H99N23O18S. The van der Waals surface area contributed by atoms with Crippen LogP contribution in [0, 0.1) is 5.92 Å². The molecule has 3 aromatic heterocycles. The first-order valence-corrected chi connectivity index (χ1v) is 36.0. The fourth-order valence-electron chi connectivity index (χ4n) is 11.6. The number of aliphatic hydroxyl groups is 2. The van der Waals surface area contributed by atoms with Gasteiger partial charge in [-0.3, -0.25) is 72.1 Å². The van der Waals surface area contributed by atoms with Crippen molar-refractivity contribution >= 4 is 117 Å². The van der Waals surface area contributed by atoms with E-state index in [-0.39, 0.29) is 87.8 Å². The Morgan fingerprint density at radius 1 is 0.574 bits per heavy atom. The summed E-state index contributed by atoms with van der Waals surface area (Å²) in [6.45, 7) is 5.58. The van der Waals surface area contributed by atoms with Crippen LogP contribution in [0.2, 0.25) is 0 Å². The number of likely N-dealkylation sites (tertiary alicyclic amines) is 1. The molecule has 1 aliphatic heterocycles. The molecule has 14 amide bonds. The van der Waals surface area contributed by atoms with Gasteiger partial charge < -0.3 is 123 Å². The number of thioether (sulfide) groups is 1. The Morgan fingerprint density at radius 3 is 1.59 bits per heavy atom. The number of hydrogen-bond donors (Lipinski definition) is 22. The van der Waals surface area contributed by atoms with Crippen LogP contribution in [-0.4, -0.2) is 250 Å². The van der Waals surface area contributed by atoms with Crippen LogP contribution in [-0.2, 0) is 91.2 Å². The summed E-state index contributed by atoms with van der Waals surface area (Å²) in [4.78, 5) is 227. The molecule has 14 atom stereocenters. The number of aliphatic carboxylic acids is 1. The molecule has 0 spiro atoms. The predicted molar refractivity (Wildman–Crippen MR) is 388 cm³/mol. The number of aromatic amines is 3. The molecule has 5 rings (SSSR count). The van der Waals surface area contributed by atoms with Gasteiger partial charge in [0.15, 0.2) is 5.96 Å². The summed E-state index contributed by atoms with van der Waals surface area (Å²) in [6, 6.07) is -12.4. The molecule has 4 aromatic rings. The number of rotatable bonds is 46. The standard InChI is InChI=1S/C66H99N23O18S/c1-31(2)20-47(65(106)107)86-61(102)48-13-9-18-89(48)64(105)46(21-34-26-76-39-11-7-6-10-37(34)39)85-55(96)41(14-15-49(68)92)81-62(103)52(32(3)90)88-63(104)53(33(4)91)87-57(98)40(12-8-17-75-66(71)72)79-58(99)44(23-36-28-74-30-78-36)83-56(97)42(16-19-108-5)80-60(101)45(25-51(70)94)84-59(100)43(22-35-27-73-29-77-35)82-54(95)38(67)24-50(69)93/h6-7,10-11,26-33,38,40-48,52-53,76,90-91H,8-9,12-25,67H2,1-5H3,(H2,68,92)(H2,69,93)(H2,70,94)(H,73,77)(H,74,78)(H,79,99)(H,80,101)(H,81,103)(H,82,95)(H,83,97)(H,84,100)(H,85,96)(H,86,102)(H,87,98)(H,88,104)(H,106,107)(H4,71,72,75)/t32-,33-,38+,40+,41+,42+,43+,44+,45+,46+,47+,48+,52+,53+/m1/s1. The van der Waals surface area contributed by atoms with Crippen LogP contribution in [0.4, 0.5) is 0 Å². The summed E-state index contributed by atoms with van der Waals surface area (Å²) in [7, 11) is 0. The number of nitrogens with two attached hydrogens (primary N) is 6. The third-order valence-corrected chi connectivity index (χ3v) is 17.8. The Hall–Kier alpha value is -11.3. The van der Waals surface area contributed by atoms with E-state index in [4.69, 9.17) is 34.4 Å². The number of para-hydroxylation sites is 1. The summed E-state index contributed by atoms with van der Waals surface area (Å²) in [5, 5.41) is 57.4. The Morgan fingerprint density at radius 2 is 1.06 bits per heavy atom. The average molecular weight is 1530 g/mol. The SMILES string of the molecule is CSCC[C@H](NC(=O)[C@H](CC(N)=O)NC(=O)[C@H](Cc1cnc[nH]1)NC(=O)[C@@H](N)CC(N)=O)C(=O)N[C@@H](Cc1cnc[nH]1)C(=O)N[C@@H](CCCN=C(N)N)C(=O)N[C@H](C(=O)N[C@H](C(=O)N[C@@H](CCC(N)=O)C(=O)N[C@@H](Cc1c[nH]c2ccccc12)C(=O)N1CCC[C@H]1C(=O)N[C@@H](CC(C)C)C(=O)O)[C@@H](C)O)[C@@H](C)O. The zero-order valence-corrected chi connectivity index (χ0v) is 61.1. The molecule has 0 unspecified atom stereocenters. The average Bonchev–Trinajstić information content (AvgIpc) is 1.66. The number of nitrogens with one attached hydrogen (secondary N) is 13. The largest absolute Gasteiger partial charge is 0.480 e. The van der Waals surface area contributed by atoms with Gasteiger partial charge in [-0.2, -0.15) is 11.8 Å². The van der Waals surface area contributed by atoms with Gasteiger partial charge in [-0.1, -0.05) is 32.0 Å². The van der Waals surface area contributed by atoms with Gasteiger partial charge in [0, 0.05) is 79.7 Å². The van der Waals surface area contributed by atoms with Gasteiger partial charge in [-0.15, -0.1) is 0 Å². The molecule has 0 saturated carbocycles. The Bertz CT molecular complexity index is 3810. The van der Waals surface area contributed by atoms with Crippen molar-refractivity contribution in [2.24, 2.45) is 45.3 Å². The molecule has 108 heavy (non-hydrogen) atoms. The molecule has 28 N–H and O–H groups in total. The number of nitrogens with zero attached hydrogens (tertiary/aromatic N) is 4. The minimum Gasteiger partial charge on any atom is -0.480 e. The first-order chi connectivity index (χ1) is 51.1. The van der Waals surface area contributed by atoms with Gasteiger partial charge in [0.05, 0.1) is 43.7 Å². The number of aliphatic imine (C=N–C) groups is 1. The number of carbonyl (C=O) groups excluding carboxylic acids is 14. The normalized spacial score (nSPS) is 16.3. The van der Waals surface area contributed by atoms with Crippen LogP contribution in [0.1, 0.15) is 109 Å². The van der Waals surface area contributed by atoms with E-state index < -0.39 is 199 Å². The minimum absolute atomic E-state index is 0.0248. The van der Waals surface area contributed by atoms with Crippen molar-refractivity contribution in [3.05, 3.63) is 72.5 Å². The predicted octanol–water partition coefficient (Wildman–Crippen LogP) is -7.48. The number of aliphatic hydroxyl groups excluding tert-OH is 2. The number of carboxylic acids is 1. The van der Waals surface area contributed by atoms with E-state index in [2.05, 4.69) is 83.1 Å². The van der Waals surface area contributed by atoms with Gasteiger partial charge in [0.25, 0.3) is 0 Å². The number of imidazole rings is 2. The van der Waals surface area contributed by atoms with Crippen LogP contribution in [0.15, 0.2) is 60.5 Å². The lowest BCUT2D eigenvalue weighted by molar-refractivity contribution is -0.145. The number of benzene rings is 1. The van der Waals surface area contributed by atoms with E-state index in [0.29, 0.717) is 28.6 Å². The molecule has 1 aliphatic rings. The van der Waals surface area contributed by atoms with Gasteiger partial charge >= 0.3 is 5.97 Å². The second kappa shape index (κ2) is 42.8. The number of hydrogen-bond acceptors (Lipinski definition) is 22. The van der Waals surface area contributed by atoms with Crippen LogP contribution < -0.4 is 87.6 Å². The van der Waals surface area contributed by atoms with Crippen LogP contribution in [0.3, 0.4) is 0 Å². The topological polar surface area (TPSA) is 682 Å². The molecule has 1 saturated heterocycles. The van der Waals surface area contributed by atoms with Crippen LogP contribution in [0.25, 0.3) is 10.9 Å². The molecular weight excluding hydrogens is 1430 g/mol. The number of amides is 14. The quantitative estimate of drug-likeness (QED) is 0.0111. The van der Waals surface area contributed by atoms with E-state index in [1.54, 1.807) is 50.6 Å². The summed E-state index contributed by atoms with van der Waals surface area (Å²) in [6.07, 6.45) is 1.45. The molecule has 41 nitrogen and oxygen atoms in total. The maximum absolute atomic E-state index is 14.8. The Balaban J connectivity index is 1.39. The van der Waals surface area contributed by atoms with Crippen molar-refractivity contribution in [3.63, 3.8) is 0 Å². The lowest BCUT2D eigenvalue weighted by Crippen LogP contribution is -2.63. The number of H-pyrrole nitrogens is 3. The highest BCUT2D eigenvalue weighted by molar-refractivity contribution is 7.98. The number of carboxylic acid groups (broad SMARTS) is 1. The van der Waals surface area contributed by atoms with E-state index in [1.165, 1.54) is 41.7 Å². The van der Waals surface area contributed by atoms with Crippen LogP contribution in [0.5, 0.6) is 0 Å². The summed E-state index contributed by atoms with van der Waals surface area (Å²) >= 11 is 1.24. The van der Waals surface area contributed by atoms with E-state index in [0.717, 1.165) is 13.8 Å². The fraction of sp³-hybridized carbons (Fsp3) is 0.545. The molecule has 1 aromatic carbocycles. The van der Waals surface area contributed by atoms with Gasteiger partial charge in [0.2, 0.25) is 82.7 Å².